The highest BCUT2D eigenvalue weighted by atomic mass is 19.3. The Hall–Kier alpha value is -4.55. The minimum atomic E-state index is -3.15. The number of aryl methyl sites for hydroxylation is 1. The Morgan fingerprint density at radius 1 is 1.09 bits per heavy atom. The molecule has 4 aromatic rings. The first-order chi connectivity index (χ1) is 16.2. The van der Waals surface area contributed by atoms with Gasteiger partial charge in [0.05, 0.1) is 23.8 Å². The topological polar surface area (TPSA) is 126 Å². The number of benzene rings is 2. The molecule has 0 aliphatic rings. The van der Waals surface area contributed by atoms with Gasteiger partial charge in [0.25, 0.3) is 5.91 Å². The van der Waals surface area contributed by atoms with Crippen LogP contribution in [-0.2, 0) is 7.05 Å². The molecular weight excluding hydrogens is 462 g/mol. The fourth-order valence-corrected chi connectivity index (χ4v) is 3.11. The van der Waals surface area contributed by atoms with E-state index in [1.165, 1.54) is 25.2 Å². The molecule has 9 nitrogen and oxygen atoms in total. The highest BCUT2D eigenvalue weighted by Crippen LogP contribution is 2.34. The van der Waals surface area contributed by atoms with Crippen LogP contribution >= 0.6 is 0 Å². The Labute approximate surface area is 187 Å². The normalized spacial score (nSPS) is 11.1. The number of rotatable bonds is 6. The molecule has 4 rings (SSSR count). The van der Waals surface area contributed by atoms with Crippen molar-refractivity contribution in [3.63, 3.8) is 0 Å². The lowest BCUT2D eigenvalue weighted by atomic mass is 10.0. The molecule has 2 aromatic carbocycles. The molecule has 0 spiro atoms. The molecule has 0 fully saturated rings. The Bertz CT molecular complexity index is 1450. The van der Waals surface area contributed by atoms with Crippen molar-refractivity contribution in [2.24, 2.45) is 12.8 Å². The molecule has 13 heteroatoms. The quantitative estimate of drug-likeness (QED) is 0.425. The van der Waals surface area contributed by atoms with Crippen LogP contribution in [0.3, 0.4) is 0 Å². The van der Waals surface area contributed by atoms with Crippen molar-refractivity contribution in [2.45, 2.75) is 6.61 Å². The van der Waals surface area contributed by atoms with E-state index in [1.54, 1.807) is 0 Å². The van der Waals surface area contributed by atoms with E-state index < -0.39 is 35.5 Å². The largest absolute Gasteiger partial charge is 0.437 e. The number of amides is 1. The molecule has 0 bridgehead atoms. The van der Waals surface area contributed by atoms with Gasteiger partial charge in [-0.05, 0) is 30.3 Å². The molecule has 2 N–H and O–H groups in total. The number of alkyl halides is 2. The molecule has 0 radical (unpaired) electrons. The van der Waals surface area contributed by atoms with E-state index in [0.29, 0.717) is 0 Å². The minimum absolute atomic E-state index is 0.0390. The number of carbonyl (C=O) groups is 1. The van der Waals surface area contributed by atoms with E-state index in [-0.39, 0.29) is 39.7 Å². The molecule has 2 aromatic heterocycles. The summed E-state index contributed by atoms with van der Waals surface area (Å²) in [6.07, 6.45) is 2.23. The molecule has 0 unspecified atom stereocenters. The maximum absolute atomic E-state index is 14.6. The molecule has 1 amide bonds. The van der Waals surface area contributed by atoms with Gasteiger partial charge in [0.2, 0.25) is 5.89 Å². The van der Waals surface area contributed by atoms with Crippen LogP contribution in [0, 0.1) is 11.6 Å². The van der Waals surface area contributed by atoms with Crippen molar-refractivity contribution >= 4 is 5.91 Å². The summed E-state index contributed by atoms with van der Waals surface area (Å²) in [6, 6.07) is 5.81. The summed E-state index contributed by atoms with van der Waals surface area (Å²) in [5.41, 5.74) is 4.12. The average molecular weight is 475 g/mol. The zero-order valence-corrected chi connectivity index (χ0v) is 17.1. The van der Waals surface area contributed by atoms with Gasteiger partial charge >= 0.3 is 12.4 Å². The minimum Gasteiger partial charge on any atom is -0.434 e. The number of halogens is 4. The van der Waals surface area contributed by atoms with Gasteiger partial charge in [-0.15, -0.1) is 5.10 Å². The lowest BCUT2D eigenvalue weighted by Gasteiger charge is -2.12. The summed E-state index contributed by atoms with van der Waals surface area (Å²) in [6.45, 7) is -3.15. The molecule has 0 saturated heterocycles. The average Bonchev–Trinajstić information content (AvgIpc) is 3.12. The Morgan fingerprint density at radius 2 is 1.76 bits per heavy atom. The molecular formula is C21H13F4N5O4. The number of nitrogens with two attached hydrogens (primary N) is 1. The molecule has 0 atom stereocenters. The number of carbonyl (C=O) groups excluding carboxylic acids is 1. The highest BCUT2D eigenvalue weighted by Gasteiger charge is 2.21. The van der Waals surface area contributed by atoms with Crippen LogP contribution in [0.2, 0.25) is 0 Å². The van der Waals surface area contributed by atoms with E-state index >= 15 is 0 Å². The Balaban J connectivity index is 1.79. The second kappa shape index (κ2) is 8.77. The molecule has 0 saturated carbocycles. The van der Waals surface area contributed by atoms with E-state index in [1.807, 2.05) is 0 Å². The van der Waals surface area contributed by atoms with Crippen LogP contribution in [0.15, 0.2) is 51.9 Å². The summed E-state index contributed by atoms with van der Waals surface area (Å²) in [5.74, 6) is -4.72. The highest BCUT2D eigenvalue weighted by molar-refractivity contribution is 5.94. The van der Waals surface area contributed by atoms with Gasteiger partial charge in [0, 0.05) is 23.7 Å². The van der Waals surface area contributed by atoms with Gasteiger partial charge in [-0.3, -0.25) is 14.8 Å². The number of ether oxygens (including phenoxy) is 1. The fourth-order valence-electron chi connectivity index (χ4n) is 3.11. The first kappa shape index (κ1) is 22.6. The van der Waals surface area contributed by atoms with Gasteiger partial charge in [0.15, 0.2) is 0 Å². The zero-order valence-electron chi connectivity index (χ0n) is 17.1. The summed E-state index contributed by atoms with van der Waals surface area (Å²) >= 11 is 0. The standard InChI is InChI=1S/C21H13F4N5O4/c1-30-21(32)34-19(29-30)9-2-5-15(33-20(24)25)11(6-9)14-8-27-13(7-28-14)10-3-4-12(22)16(17(10)23)18(26)31/h2-8,20H,1H3,(H2,26,31). The van der Waals surface area contributed by atoms with Crippen molar-refractivity contribution in [3.8, 4) is 39.7 Å². The Morgan fingerprint density at radius 3 is 2.32 bits per heavy atom. The predicted molar refractivity (Wildman–Crippen MR) is 109 cm³/mol. The van der Waals surface area contributed by atoms with E-state index in [4.69, 9.17) is 10.2 Å². The van der Waals surface area contributed by atoms with Gasteiger partial charge in [-0.1, -0.05) is 0 Å². The van der Waals surface area contributed by atoms with Crippen molar-refractivity contribution < 1.29 is 31.5 Å². The van der Waals surface area contributed by atoms with Crippen LogP contribution in [-0.4, -0.2) is 32.3 Å². The van der Waals surface area contributed by atoms with E-state index in [0.717, 1.165) is 29.2 Å². The zero-order chi connectivity index (χ0) is 24.6. The molecule has 0 aliphatic heterocycles. The number of hydrogen-bond donors (Lipinski definition) is 1. The number of primary amides is 1. The fraction of sp³-hybridized carbons (Fsp3) is 0.0952. The first-order valence-electron chi connectivity index (χ1n) is 9.39. The van der Waals surface area contributed by atoms with Crippen LogP contribution in [0.5, 0.6) is 5.75 Å². The van der Waals surface area contributed by atoms with Crippen LogP contribution in [0.4, 0.5) is 17.6 Å². The van der Waals surface area contributed by atoms with Crippen molar-refractivity contribution in [1.29, 1.82) is 0 Å². The molecule has 34 heavy (non-hydrogen) atoms. The van der Waals surface area contributed by atoms with Crippen molar-refractivity contribution in [2.75, 3.05) is 0 Å². The summed E-state index contributed by atoms with van der Waals surface area (Å²) in [7, 11) is 1.37. The molecule has 2 heterocycles. The SMILES string of the molecule is Cn1nc(-c2ccc(OC(F)F)c(-c3cnc(-c4ccc(F)c(C(N)=O)c4F)cn3)c2)oc1=O. The second-order valence-electron chi connectivity index (χ2n) is 6.82. The second-order valence-corrected chi connectivity index (χ2v) is 6.82. The van der Waals surface area contributed by atoms with Gasteiger partial charge < -0.3 is 14.9 Å². The third kappa shape index (κ3) is 4.22. The number of aromatic nitrogens is 4. The Kier molecular flexibility index (Phi) is 5.84. The van der Waals surface area contributed by atoms with E-state index in [9.17, 15) is 27.2 Å². The van der Waals surface area contributed by atoms with Gasteiger partial charge in [-0.2, -0.15) is 13.5 Å². The van der Waals surface area contributed by atoms with Crippen LogP contribution < -0.4 is 16.2 Å². The lowest BCUT2D eigenvalue weighted by molar-refractivity contribution is -0.0494. The van der Waals surface area contributed by atoms with Crippen LogP contribution in [0.1, 0.15) is 10.4 Å². The maximum atomic E-state index is 14.6. The van der Waals surface area contributed by atoms with Crippen molar-refractivity contribution in [1.82, 2.24) is 19.7 Å². The maximum Gasteiger partial charge on any atom is 0.437 e. The van der Waals surface area contributed by atoms with Crippen LogP contribution in [0.25, 0.3) is 34.0 Å². The predicted octanol–water partition coefficient (Wildman–Crippen LogP) is 3.14. The smallest absolute Gasteiger partial charge is 0.434 e. The summed E-state index contributed by atoms with van der Waals surface area (Å²) in [5, 5.41) is 3.90. The van der Waals surface area contributed by atoms with Gasteiger partial charge in [0.1, 0.15) is 22.9 Å². The summed E-state index contributed by atoms with van der Waals surface area (Å²) in [4.78, 5) is 31.1. The van der Waals surface area contributed by atoms with E-state index in [2.05, 4.69) is 19.8 Å². The first-order valence-corrected chi connectivity index (χ1v) is 9.39. The summed E-state index contributed by atoms with van der Waals surface area (Å²) < 4.78 is 64.7. The number of hydrogen-bond acceptors (Lipinski definition) is 7. The monoisotopic (exact) mass is 475 g/mol. The lowest BCUT2D eigenvalue weighted by Crippen LogP contribution is -2.16. The third-order valence-electron chi connectivity index (χ3n) is 4.67. The van der Waals surface area contributed by atoms with Gasteiger partial charge in [-0.25, -0.2) is 13.6 Å². The third-order valence-corrected chi connectivity index (χ3v) is 4.67. The molecule has 174 valence electrons. The number of nitrogens with zero attached hydrogens (tertiary/aromatic N) is 4. The van der Waals surface area contributed by atoms with Crippen molar-refractivity contribution in [3.05, 3.63) is 70.5 Å². The molecule has 0 aliphatic carbocycles.